The molecule has 0 amide bonds. The van der Waals surface area contributed by atoms with Gasteiger partial charge in [-0.3, -0.25) is 0 Å². The fourth-order valence-electron chi connectivity index (χ4n) is 6.80. The van der Waals surface area contributed by atoms with E-state index in [2.05, 4.69) is 157 Å². The van der Waals surface area contributed by atoms with Crippen LogP contribution in [0.15, 0.2) is 162 Å². The van der Waals surface area contributed by atoms with Crippen molar-refractivity contribution in [2.24, 2.45) is 0 Å². The number of benzene rings is 7. The molecule has 0 N–H and O–H groups in total. The van der Waals surface area contributed by atoms with Gasteiger partial charge in [0, 0.05) is 53.9 Å². The normalized spacial score (nSPS) is 11.8. The third-order valence-electron chi connectivity index (χ3n) is 9.10. The standard InChI is InChI=1S/C43H26N2OS2/c1-3-10-27(11-4-1)28-18-20-30(21-19-28)45(31-22-23-33-32-14-7-8-17-39(32)47-40(33)24-31)37-16-9-15-34-35-25-36-41(26-38(35)46-42(34)37)48-43(44-36)29-12-5-2-6-13-29/h1-26H. The maximum Gasteiger partial charge on any atom is 0.159 e. The van der Waals surface area contributed by atoms with Crippen molar-refractivity contribution in [3.63, 3.8) is 0 Å². The Morgan fingerprint density at radius 2 is 1.15 bits per heavy atom. The van der Waals surface area contributed by atoms with Crippen LogP contribution in [0.2, 0.25) is 0 Å². The molecule has 48 heavy (non-hydrogen) atoms. The second kappa shape index (κ2) is 10.9. The number of hydrogen-bond acceptors (Lipinski definition) is 5. The number of hydrogen-bond donors (Lipinski definition) is 0. The third-order valence-corrected chi connectivity index (χ3v) is 11.3. The number of aromatic nitrogens is 1. The van der Waals surface area contributed by atoms with Crippen LogP contribution in [0.5, 0.6) is 0 Å². The molecule has 0 fully saturated rings. The van der Waals surface area contributed by atoms with Crippen molar-refractivity contribution >= 4 is 92.1 Å². The van der Waals surface area contributed by atoms with E-state index in [0.717, 1.165) is 59.8 Å². The Morgan fingerprint density at radius 3 is 1.98 bits per heavy atom. The van der Waals surface area contributed by atoms with Crippen molar-refractivity contribution in [1.29, 1.82) is 0 Å². The Morgan fingerprint density at radius 1 is 0.458 bits per heavy atom. The number of thiazole rings is 1. The van der Waals surface area contributed by atoms with E-state index >= 15 is 0 Å². The van der Waals surface area contributed by atoms with Gasteiger partial charge in [0.2, 0.25) is 0 Å². The average molecular weight is 651 g/mol. The van der Waals surface area contributed by atoms with E-state index in [9.17, 15) is 0 Å². The van der Waals surface area contributed by atoms with Crippen LogP contribution >= 0.6 is 22.7 Å². The fourth-order valence-corrected chi connectivity index (χ4v) is 8.92. The summed E-state index contributed by atoms with van der Waals surface area (Å²) in [5.74, 6) is 0. The first kappa shape index (κ1) is 27.4. The summed E-state index contributed by atoms with van der Waals surface area (Å²) in [5.41, 5.74) is 9.38. The molecule has 3 heterocycles. The Bertz CT molecular complexity index is 2780. The first-order valence-corrected chi connectivity index (χ1v) is 17.6. The molecule has 3 aromatic heterocycles. The highest BCUT2D eigenvalue weighted by atomic mass is 32.1. The lowest BCUT2D eigenvalue weighted by Crippen LogP contribution is -2.10. The summed E-state index contributed by atoms with van der Waals surface area (Å²) < 4.78 is 10.5. The van der Waals surface area contributed by atoms with Crippen molar-refractivity contribution in [2.75, 3.05) is 4.90 Å². The molecule has 0 bridgehead atoms. The number of thiophene rings is 1. The van der Waals surface area contributed by atoms with E-state index in [1.807, 2.05) is 17.4 Å². The van der Waals surface area contributed by atoms with E-state index in [4.69, 9.17) is 9.40 Å². The van der Waals surface area contributed by atoms with Crippen LogP contribution in [0, 0.1) is 0 Å². The first-order valence-electron chi connectivity index (χ1n) is 15.9. The topological polar surface area (TPSA) is 29.3 Å². The molecule has 0 radical (unpaired) electrons. The molecule has 0 saturated heterocycles. The molecule has 0 saturated carbocycles. The number of furan rings is 1. The van der Waals surface area contributed by atoms with E-state index in [1.165, 1.54) is 31.3 Å². The van der Waals surface area contributed by atoms with Gasteiger partial charge in [0.05, 0.1) is 15.9 Å². The number of para-hydroxylation sites is 1. The van der Waals surface area contributed by atoms with Gasteiger partial charge >= 0.3 is 0 Å². The Balaban J connectivity index is 1.16. The molecular formula is C43H26N2OS2. The molecule has 226 valence electrons. The van der Waals surface area contributed by atoms with Crippen LogP contribution in [0.25, 0.3) is 74.0 Å². The second-order valence-electron chi connectivity index (χ2n) is 12.0. The SMILES string of the molecule is c1ccc(-c2ccc(N(c3ccc4c(c3)sc3ccccc34)c3cccc4c3oc3cc5sc(-c6ccccc6)nc5cc34)cc2)cc1. The highest BCUT2D eigenvalue weighted by molar-refractivity contribution is 7.25. The molecule has 3 nitrogen and oxygen atoms in total. The molecule has 0 unspecified atom stereocenters. The second-order valence-corrected chi connectivity index (χ2v) is 14.1. The van der Waals surface area contributed by atoms with Gasteiger partial charge in [0.25, 0.3) is 0 Å². The summed E-state index contributed by atoms with van der Waals surface area (Å²) in [5, 5.41) is 5.75. The zero-order valence-electron chi connectivity index (χ0n) is 25.6. The highest BCUT2D eigenvalue weighted by Gasteiger charge is 2.21. The number of nitrogens with zero attached hydrogens (tertiary/aromatic N) is 2. The lowest BCUT2D eigenvalue weighted by Gasteiger charge is -2.26. The molecular weight excluding hydrogens is 625 g/mol. The van der Waals surface area contributed by atoms with Crippen LogP contribution < -0.4 is 4.90 Å². The van der Waals surface area contributed by atoms with Crippen molar-refractivity contribution < 1.29 is 4.42 Å². The summed E-state index contributed by atoms with van der Waals surface area (Å²) in [6, 6.07) is 56.0. The molecule has 10 aromatic rings. The van der Waals surface area contributed by atoms with Crippen molar-refractivity contribution in [2.45, 2.75) is 0 Å². The van der Waals surface area contributed by atoms with E-state index < -0.39 is 0 Å². The fraction of sp³-hybridized carbons (Fsp3) is 0. The maximum atomic E-state index is 6.80. The summed E-state index contributed by atoms with van der Waals surface area (Å²) in [7, 11) is 0. The number of rotatable bonds is 5. The van der Waals surface area contributed by atoms with Gasteiger partial charge in [0.15, 0.2) is 5.58 Å². The molecule has 0 aliphatic heterocycles. The summed E-state index contributed by atoms with van der Waals surface area (Å²) in [6.45, 7) is 0. The van der Waals surface area contributed by atoms with Crippen molar-refractivity contribution in [3.05, 3.63) is 158 Å². The van der Waals surface area contributed by atoms with Gasteiger partial charge in [0.1, 0.15) is 10.6 Å². The van der Waals surface area contributed by atoms with Crippen LogP contribution in [-0.4, -0.2) is 4.98 Å². The van der Waals surface area contributed by atoms with E-state index in [-0.39, 0.29) is 0 Å². The Hall–Kier alpha value is -5.75. The van der Waals surface area contributed by atoms with Gasteiger partial charge in [-0.1, -0.05) is 109 Å². The summed E-state index contributed by atoms with van der Waals surface area (Å²) in [4.78, 5) is 7.35. The van der Waals surface area contributed by atoms with Gasteiger partial charge in [-0.05, 0) is 53.6 Å². The van der Waals surface area contributed by atoms with Crippen molar-refractivity contribution in [3.8, 4) is 21.7 Å². The predicted octanol–water partition coefficient (Wildman–Crippen LogP) is 13.4. The van der Waals surface area contributed by atoms with Crippen LogP contribution in [0.4, 0.5) is 17.1 Å². The van der Waals surface area contributed by atoms with E-state index in [1.54, 1.807) is 11.3 Å². The predicted molar refractivity (Wildman–Crippen MR) is 205 cm³/mol. The van der Waals surface area contributed by atoms with Crippen molar-refractivity contribution in [1.82, 2.24) is 4.98 Å². The largest absolute Gasteiger partial charge is 0.454 e. The van der Waals surface area contributed by atoms with Gasteiger partial charge in [-0.15, -0.1) is 22.7 Å². The van der Waals surface area contributed by atoms with Crippen LogP contribution in [0.1, 0.15) is 0 Å². The molecule has 10 rings (SSSR count). The lowest BCUT2D eigenvalue weighted by molar-refractivity contribution is 0.669. The Labute approximate surface area is 284 Å². The first-order chi connectivity index (χ1) is 23.8. The number of anilines is 3. The minimum absolute atomic E-state index is 0.858. The average Bonchev–Trinajstić information content (AvgIpc) is 3.85. The summed E-state index contributed by atoms with van der Waals surface area (Å²) in [6.07, 6.45) is 0. The summed E-state index contributed by atoms with van der Waals surface area (Å²) >= 11 is 3.54. The zero-order chi connectivity index (χ0) is 31.6. The minimum atomic E-state index is 0.858. The molecule has 0 atom stereocenters. The number of fused-ring (bicyclic) bond motifs is 7. The van der Waals surface area contributed by atoms with Gasteiger partial charge in [-0.25, -0.2) is 4.98 Å². The molecule has 0 aliphatic carbocycles. The molecule has 0 spiro atoms. The molecule has 0 aliphatic rings. The lowest BCUT2D eigenvalue weighted by atomic mass is 10.0. The van der Waals surface area contributed by atoms with Gasteiger partial charge < -0.3 is 9.32 Å². The molecule has 7 aromatic carbocycles. The maximum absolute atomic E-state index is 6.80. The zero-order valence-corrected chi connectivity index (χ0v) is 27.3. The minimum Gasteiger partial charge on any atom is -0.454 e. The van der Waals surface area contributed by atoms with E-state index in [0.29, 0.717) is 0 Å². The quantitative estimate of drug-likeness (QED) is 0.186. The third kappa shape index (κ3) is 4.43. The Kier molecular flexibility index (Phi) is 6.22. The highest BCUT2D eigenvalue weighted by Crippen LogP contribution is 2.45. The molecule has 5 heteroatoms. The smallest absolute Gasteiger partial charge is 0.159 e. The van der Waals surface area contributed by atoms with Crippen LogP contribution in [0.3, 0.4) is 0 Å². The van der Waals surface area contributed by atoms with Gasteiger partial charge in [-0.2, -0.15) is 0 Å². The monoisotopic (exact) mass is 650 g/mol. The van der Waals surface area contributed by atoms with Crippen LogP contribution in [-0.2, 0) is 0 Å².